The van der Waals surface area contributed by atoms with Gasteiger partial charge in [0.1, 0.15) is 0 Å². The number of benzene rings is 1. The number of carbonyl (C=O) groups excluding carboxylic acids is 1. The van der Waals surface area contributed by atoms with Crippen molar-refractivity contribution in [1.29, 1.82) is 0 Å². The minimum absolute atomic E-state index is 0.0743. The monoisotopic (exact) mass is 223 g/mol. The molecule has 0 unspecified atom stereocenters. The van der Waals surface area contributed by atoms with E-state index in [1.54, 1.807) is 4.90 Å². The molecule has 0 N–H and O–H groups in total. The van der Waals surface area contributed by atoms with Crippen molar-refractivity contribution in [3.8, 4) is 0 Å². The van der Waals surface area contributed by atoms with Gasteiger partial charge in [-0.25, -0.2) is 0 Å². The zero-order valence-corrected chi connectivity index (χ0v) is 10.3. The number of aryl methyl sites for hydroxylation is 1. The molecule has 0 aliphatic heterocycles. The van der Waals surface area contributed by atoms with Crippen LogP contribution < -0.4 is 0 Å². The molecule has 1 rings (SSSR count). The largest absolute Gasteiger partial charge is 0.342 e. The molecule has 15 heavy (non-hydrogen) atoms. The maximum absolute atomic E-state index is 12.0. The fraction of sp³-hybridized carbons (Fsp3) is 0.417. The van der Waals surface area contributed by atoms with Gasteiger partial charge in [0.15, 0.2) is 0 Å². The molecule has 1 aromatic rings. The van der Waals surface area contributed by atoms with E-state index in [0.29, 0.717) is 0 Å². The van der Waals surface area contributed by atoms with Crippen LogP contribution in [0.5, 0.6) is 0 Å². The van der Waals surface area contributed by atoms with Crippen LogP contribution in [0.1, 0.15) is 29.3 Å². The van der Waals surface area contributed by atoms with E-state index in [4.69, 9.17) is 0 Å². The molecular formula is C12H17NOS. The molecule has 0 atom stereocenters. The summed E-state index contributed by atoms with van der Waals surface area (Å²) in [5.74, 6) is 0.0743. The van der Waals surface area contributed by atoms with E-state index in [-0.39, 0.29) is 5.91 Å². The molecule has 2 nitrogen and oxygen atoms in total. The second-order valence-corrected chi connectivity index (χ2v) is 4.24. The first-order chi connectivity index (χ1) is 7.06. The molecule has 0 fully saturated rings. The summed E-state index contributed by atoms with van der Waals surface area (Å²) < 4.78 is 0. The van der Waals surface area contributed by atoms with E-state index in [1.807, 2.05) is 32.2 Å². The third-order valence-corrected chi connectivity index (χ3v) is 2.64. The first kappa shape index (κ1) is 12.1. The Morgan fingerprint density at radius 2 is 2.13 bits per heavy atom. The molecule has 0 saturated carbocycles. The first-order valence-corrected chi connectivity index (χ1v) is 5.56. The van der Waals surface area contributed by atoms with Gasteiger partial charge in [0.2, 0.25) is 0 Å². The highest BCUT2D eigenvalue weighted by molar-refractivity contribution is 7.80. The van der Waals surface area contributed by atoms with Crippen molar-refractivity contribution in [1.82, 2.24) is 4.90 Å². The summed E-state index contributed by atoms with van der Waals surface area (Å²) in [4.78, 5) is 14.6. The maximum atomic E-state index is 12.0. The van der Waals surface area contributed by atoms with E-state index in [2.05, 4.69) is 19.6 Å². The van der Waals surface area contributed by atoms with Crippen LogP contribution in [0.3, 0.4) is 0 Å². The van der Waals surface area contributed by atoms with Crippen LogP contribution >= 0.6 is 12.6 Å². The van der Waals surface area contributed by atoms with E-state index >= 15 is 0 Å². The van der Waals surface area contributed by atoms with Gasteiger partial charge < -0.3 is 4.90 Å². The molecule has 82 valence electrons. The van der Waals surface area contributed by atoms with Gasteiger partial charge in [0.25, 0.3) is 5.91 Å². The summed E-state index contributed by atoms with van der Waals surface area (Å²) in [5.41, 5.74) is 1.75. The second kappa shape index (κ2) is 5.21. The molecule has 0 aliphatic rings. The number of hydrogen-bond donors (Lipinski definition) is 1. The predicted octanol–water partition coefficient (Wildman–Crippen LogP) is 2.77. The zero-order valence-electron chi connectivity index (χ0n) is 9.45. The van der Waals surface area contributed by atoms with Gasteiger partial charge in [0.05, 0.1) is 0 Å². The standard InChI is InChI=1S/C12H17NOS/c1-4-7-13(3)12(14)11-8-10(15)6-5-9(11)2/h5-6,8,15H,4,7H2,1-3H3. The number of amides is 1. The normalized spacial score (nSPS) is 10.1. The average molecular weight is 223 g/mol. The van der Waals surface area contributed by atoms with Crippen LogP contribution in [-0.2, 0) is 0 Å². The molecule has 0 heterocycles. The Morgan fingerprint density at radius 3 is 2.73 bits per heavy atom. The first-order valence-electron chi connectivity index (χ1n) is 5.11. The molecule has 3 heteroatoms. The Kier molecular flexibility index (Phi) is 4.21. The molecule has 0 spiro atoms. The van der Waals surface area contributed by atoms with Crippen molar-refractivity contribution in [3.05, 3.63) is 29.3 Å². The lowest BCUT2D eigenvalue weighted by Crippen LogP contribution is -2.27. The SMILES string of the molecule is CCCN(C)C(=O)c1cc(S)ccc1C. The fourth-order valence-electron chi connectivity index (χ4n) is 1.48. The topological polar surface area (TPSA) is 20.3 Å². The predicted molar refractivity (Wildman–Crippen MR) is 65.7 cm³/mol. The lowest BCUT2D eigenvalue weighted by molar-refractivity contribution is 0.0794. The van der Waals surface area contributed by atoms with Gasteiger partial charge in [-0.3, -0.25) is 4.79 Å². The highest BCUT2D eigenvalue weighted by Crippen LogP contribution is 2.15. The third kappa shape index (κ3) is 2.99. The Labute approximate surface area is 96.7 Å². The highest BCUT2D eigenvalue weighted by atomic mass is 32.1. The van der Waals surface area contributed by atoms with Gasteiger partial charge in [-0.15, -0.1) is 12.6 Å². The molecule has 0 saturated heterocycles. The van der Waals surface area contributed by atoms with Crippen molar-refractivity contribution >= 4 is 18.5 Å². The zero-order chi connectivity index (χ0) is 11.4. The summed E-state index contributed by atoms with van der Waals surface area (Å²) in [7, 11) is 1.83. The smallest absolute Gasteiger partial charge is 0.253 e. The van der Waals surface area contributed by atoms with E-state index in [0.717, 1.165) is 29.0 Å². The van der Waals surface area contributed by atoms with Crippen molar-refractivity contribution in [3.63, 3.8) is 0 Å². The maximum Gasteiger partial charge on any atom is 0.253 e. The Balaban J connectivity index is 2.95. The van der Waals surface area contributed by atoms with Gasteiger partial charge in [0, 0.05) is 24.1 Å². The summed E-state index contributed by atoms with van der Waals surface area (Å²) in [5, 5.41) is 0. The van der Waals surface area contributed by atoms with Crippen LogP contribution in [0, 0.1) is 6.92 Å². The molecule has 0 radical (unpaired) electrons. The summed E-state index contributed by atoms with van der Waals surface area (Å²) in [6.07, 6.45) is 0.974. The number of nitrogens with zero attached hydrogens (tertiary/aromatic N) is 1. The fourth-order valence-corrected chi connectivity index (χ4v) is 1.69. The molecule has 0 aliphatic carbocycles. The Bertz CT molecular complexity index is 363. The van der Waals surface area contributed by atoms with Gasteiger partial charge in [-0.1, -0.05) is 13.0 Å². The molecular weight excluding hydrogens is 206 g/mol. The van der Waals surface area contributed by atoms with Gasteiger partial charge in [-0.05, 0) is 31.0 Å². The van der Waals surface area contributed by atoms with E-state index in [9.17, 15) is 4.79 Å². The second-order valence-electron chi connectivity index (χ2n) is 3.73. The van der Waals surface area contributed by atoms with Crippen LogP contribution in [0.25, 0.3) is 0 Å². The summed E-state index contributed by atoms with van der Waals surface area (Å²) >= 11 is 4.25. The average Bonchev–Trinajstić information content (AvgIpc) is 2.21. The van der Waals surface area contributed by atoms with E-state index < -0.39 is 0 Å². The van der Waals surface area contributed by atoms with Crippen molar-refractivity contribution in [2.24, 2.45) is 0 Å². The van der Waals surface area contributed by atoms with Crippen LogP contribution in [0.2, 0.25) is 0 Å². The summed E-state index contributed by atoms with van der Waals surface area (Å²) in [6, 6.07) is 5.65. The molecule has 1 aromatic carbocycles. The molecule has 0 bridgehead atoms. The van der Waals surface area contributed by atoms with E-state index in [1.165, 1.54) is 0 Å². The van der Waals surface area contributed by atoms with Crippen LogP contribution in [-0.4, -0.2) is 24.4 Å². The van der Waals surface area contributed by atoms with Crippen LogP contribution in [0.15, 0.2) is 23.1 Å². The van der Waals surface area contributed by atoms with Gasteiger partial charge in [-0.2, -0.15) is 0 Å². The van der Waals surface area contributed by atoms with Crippen LogP contribution in [0.4, 0.5) is 0 Å². The van der Waals surface area contributed by atoms with Gasteiger partial charge >= 0.3 is 0 Å². The van der Waals surface area contributed by atoms with Crippen molar-refractivity contribution < 1.29 is 4.79 Å². The Morgan fingerprint density at radius 1 is 1.47 bits per heavy atom. The third-order valence-electron chi connectivity index (χ3n) is 2.36. The number of carbonyl (C=O) groups is 1. The lowest BCUT2D eigenvalue weighted by atomic mass is 10.1. The Hall–Kier alpha value is -0.960. The minimum Gasteiger partial charge on any atom is -0.342 e. The molecule has 1 amide bonds. The minimum atomic E-state index is 0.0743. The quantitative estimate of drug-likeness (QED) is 0.781. The molecule has 0 aromatic heterocycles. The summed E-state index contributed by atoms with van der Waals surface area (Å²) in [6.45, 7) is 4.79. The number of hydrogen-bond acceptors (Lipinski definition) is 2. The lowest BCUT2D eigenvalue weighted by Gasteiger charge is -2.17. The number of thiol groups is 1. The highest BCUT2D eigenvalue weighted by Gasteiger charge is 2.13. The van der Waals surface area contributed by atoms with Crippen molar-refractivity contribution in [2.75, 3.05) is 13.6 Å². The van der Waals surface area contributed by atoms with Crippen molar-refractivity contribution in [2.45, 2.75) is 25.2 Å². The number of rotatable bonds is 3.